The van der Waals surface area contributed by atoms with Crippen LogP contribution in [0.4, 0.5) is 5.69 Å². The Bertz CT molecular complexity index is 965. The van der Waals surface area contributed by atoms with Crippen LogP contribution in [0.25, 0.3) is 10.8 Å². The molecule has 0 aromatic heterocycles. The number of para-hydroxylation sites is 2. The largest absolute Gasteiger partial charge is 0.495 e. The summed E-state index contributed by atoms with van der Waals surface area (Å²) in [6.45, 7) is 2.98. The van der Waals surface area contributed by atoms with Gasteiger partial charge in [-0.3, -0.25) is 4.79 Å². The van der Waals surface area contributed by atoms with Crippen molar-refractivity contribution in [2.24, 2.45) is 0 Å². The highest BCUT2D eigenvalue weighted by Gasteiger charge is 2.23. The minimum Gasteiger partial charge on any atom is -0.495 e. The van der Waals surface area contributed by atoms with E-state index >= 15 is 0 Å². The first kappa shape index (κ1) is 18.2. The summed E-state index contributed by atoms with van der Waals surface area (Å²) < 4.78 is 11.2. The lowest BCUT2D eigenvalue weighted by atomic mass is 10.1. The number of rotatable bonds is 5. The molecule has 0 atom stereocenters. The number of amides is 1. The number of nitrogens with zero attached hydrogens (tertiary/aromatic N) is 2. The van der Waals surface area contributed by atoms with E-state index in [1.165, 1.54) is 0 Å². The number of hydrogen-bond donors (Lipinski definition) is 0. The number of piperazine rings is 1. The summed E-state index contributed by atoms with van der Waals surface area (Å²) in [6, 6.07) is 22.0. The average Bonchev–Trinajstić information content (AvgIpc) is 2.77. The van der Waals surface area contributed by atoms with Crippen molar-refractivity contribution in [2.75, 3.05) is 44.8 Å². The summed E-state index contributed by atoms with van der Waals surface area (Å²) in [5, 5.41) is 2.27. The zero-order chi connectivity index (χ0) is 19.3. The number of anilines is 1. The quantitative estimate of drug-likeness (QED) is 0.683. The van der Waals surface area contributed by atoms with Gasteiger partial charge in [-0.2, -0.15) is 0 Å². The molecule has 0 N–H and O–H groups in total. The van der Waals surface area contributed by atoms with E-state index in [9.17, 15) is 4.79 Å². The lowest BCUT2D eigenvalue weighted by Gasteiger charge is -2.36. The van der Waals surface area contributed by atoms with Crippen LogP contribution >= 0.6 is 0 Å². The summed E-state index contributed by atoms with van der Waals surface area (Å²) in [7, 11) is 1.68. The molecule has 0 aliphatic carbocycles. The lowest BCUT2D eigenvalue weighted by Crippen LogP contribution is -2.50. The molecule has 0 radical (unpaired) electrons. The van der Waals surface area contributed by atoms with Crippen LogP contribution in [0.1, 0.15) is 0 Å². The molecule has 4 rings (SSSR count). The predicted molar refractivity (Wildman–Crippen MR) is 111 cm³/mol. The third-order valence-electron chi connectivity index (χ3n) is 5.14. The van der Waals surface area contributed by atoms with Gasteiger partial charge >= 0.3 is 0 Å². The maximum atomic E-state index is 12.6. The van der Waals surface area contributed by atoms with Crippen LogP contribution in [-0.2, 0) is 4.79 Å². The Kier molecular flexibility index (Phi) is 5.33. The second-order valence-corrected chi connectivity index (χ2v) is 6.84. The summed E-state index contributed by atoms with van der Waals surface area (Å²) in [6.07, 6.45) is 0. The summed E-state index contributed by atoms with van der Waals surface area (Å²) in [5.41, 5.74) is 1.07. The van der Waals surface area contributed by atoms with Crippen LogP contribution in [0.2, 0.25) is 0 Å². The summed E-state index contributed by atoms with van der Waals surface area (Å²) in [4.78, 5) is 16.7. The molecule has 5 nitrogen and oxygen atoms in total. The molecule has 144 valence electrons. The monoisotopic (exact) mass is 376 g/mol. The van der Waals surface area contributed by atoms with Gasteiger partial charge in [0.15, 0.2) is 6.61 Å². The molecule has 0 saturated carbocycles. The predicted octanol–water partition coefficient (Wildman–Crippen LogP) is 3.58. The molecule has 0 spiro atoms. The molecule has 1 heterocycles. The zero-order valence-corrected chi connectivity index (χ0v) is 16.0. The first-order chi connectivity index (χ1) is 13.7. The topological polar surface area (TPSA) is 42.0 Å². The van der Waals surface area contributed by atoms with Gasteiger partial charge in [-0.25, -0.2) is 0 Å². The van der Waals surface area contributed by atoms with E-state index in [0.717, 1.165) is 41.0 Å². The highest BCUT2D eigenvalue weighted by molar-refractivity contribution is 5.84. The first-order valence-electron chi connectivity index (χ1n) is 9.52. The molecule has 5 heteroatoms. The minimum absolute atomic E-state index is 0.0211. The Morgan fingerprint density at radius 1 is 0.893 bits per heavy atom. The highest BCUT2D eigenvalue weighted by atomic mass is 16.5. The first-order valence-corrected chi connectivity index (χ1v) is 9.52. The van der Waals surface area contributed by atoms with Gasteiger partial charge in [-0.05, 0) is 35.0 Å². The van der Waals surface area contributed by atoms with Crippen molar-refractivity contribution in [1.82, 2.24) is 4.90 Å². The van der Waals surface area contributed by atoms with E-state index in [1.807, 2.05) is 59.5 Å². The van der Waals surface area contributed by atoms with Crippen molar-refractivity contribution in [2.45, 2.75) is 0 Å². The molecule has 3 aromatic rings. The van der Waals surface area contributed by atoms with Gasteiger partial charge in [0.25, 0.3) is 5.91 Å². The van der Waals surface area contributed by atoms with Crippen LogP contribution in [0.15, 0.2) is 66.7 Å². The maximum Gasteiger partial charge on any atom is 0.260 e. The lowest BCUT2D eigenvalue weighted by molar-refractivity contribution is -0.133. The second kappa shape index (κ2) is 8.21. The number of benzene rings is 3. The molecule has 1 fully saturated rings. The Labute approximate surface area is 165 Å². The summed E-state index contributed by atoms with van der Waals surface area (Å²) >= 11 is 0. The fraction of sp³-hybridized carbons (Fsp3) is 0.261. The standard InChI is InChI=1S/C23H24N2O3/c1-27-22-9-5-4-8-21(22)24-12-14-25(15-13-24)23(26)17-28-20-11-10-18-6-2-3-7-19(18)16-20/h2-11,16H,12-15,17H2,1H3. The molecular formula is C23H24N2O3. The van der Waals surface area contributed by atoms with Crippen LogP contribution in [0, 0.1) is 0 Å². The van der Waals surface area contributed by atoms with E-state index in [2.05, 4.69) is 17.0 Å². The van der Waals surface area contributed by atoms with Crippen LogP contribution in [0.3, 0.4) is 0 Å². The van der Waals surface area contributed by atoms with Gasteiger partial charge < -0.3 is 19.3 Å². The number of hydrogen-bond acceptors (Lipinski definition) is 4. The van der Waals surface area contributed by atoms with Crippen molar-refractivity contribution < 1.29 is 14.3 Å². The van der Waals surface area contributed by atoms with Crippen LogP contribution in [-0.4, -0.2) is 50.7 Å². The van der Waals surface area contributed by atoms with Crippen LogP contribution < -0.4 is 14.4 Å². The zero-order valence-electron chi connectivity index (χ0n) is 16.0. The SMILES string of the molecule is COc1ccccc1N1CCN(C(=O)COc2ccc3ccccc3c2)CC1. The van der Waals surface area contributed by atoms with E-state index < -0.39 is 0 Å². The molecule has 28 heavy (non-hydrogen) atoms. The second-order valence-electron chi connectivity index (χ2n) is 6.84. The molecule has 0 bridgehead atoms. The fourth-order valence-electron chi connectivity index (χ4n) is 3.58. The minimum atomic E-state index is 0.0211. The van der Waals surface area contributed by atoms with Crippen molar-refractivity contribution in [3.63, 3.8) is 0 Å². The van der Waals surface area contributed by atoms with Crippen molar-refractivity contribution in [1.29, 1.82) is 0 Å². The van der Waals surface area contributed by atoms with Crippen molar-refractivity contribution in [3.8, 4) is 11.5 Å². The van der Waals surface area contributed by atoms with Gasteiger partial charge in [0.05, 0.1) is 12.8 Å². The van der Waals surface area contributed by atoms with Crippen LogP contribution in [0.5, 0.6) is 11.5 Å². The Balaban J connectivity index is 1.32. The number of ether oxygens (including phenoxy) is 2. The third-order valence-corrected chi connectivity index (χ3v) is 5.14. The van der Waals surface area contributed by atoms with Gasteiger partial charge in [-0.15, -0.1) is 0 Å². The van der Waals surface area contributed by atoms with E-state index in [4.69, 9.17) is 9.47 Å². The Morgan fingerprint density at radius 3 is 2.39 bits per heavy atom. The molecule has 1 aliphatic rings. The average molecular weight is 376 g/mol. The molecule has 1 saturated heterocycles. The molecule has 0 unspecified atom stereocenters. The molecule has 1 amide bonds. The normalized spacial score (nSPS) is 14.2. The number of methoxy groups -OCH3 is 1. The number of carbonyl (C=O) groups is 1. The molecular weight excluding hydrogens is 352 g/mol. The van der Waals surface area contributed by atoms with Crippen molar-refractivity contribution >= 4 is 22.4 Å². The Hall–Kier alpha value is -3.21. The Morgan fingerprint density at radius 2 is 1.61 bits per heavy atom. The number of carbonyl (C=O) groups excluding carboxylic acids is 1. The van der Waals surface area contributed by atoms with E-state index in [1.54, 1.807) is 7.11 Å². The molecule has 1 aliphatic heterocycles. The van der Waals surface area contributed by atoms with Gasteiger partial charge in [0.2, 0.25) is 0 Å². The third kappa shape index (κ3) is 3.88. The van der Waals surface area contributed by atoms with E-state index in [-0.39, 0.29) is 12.5 Å². The maximum absolute atomic E-state index is 12.6. The van der Waals surface area contributed by atoms with Gasteiger partial charge in [-0.1, -0.05) is 42.5 Å². The summed E-state index contributed by atoms with van der Waals surface area (Å²) in [5.74, 6) is 1.61. The van der Waals surface area contributed by atoms with Gasteiger partial charge in [0, 0.05) is 26.2 Å². The fourth-order valence-corrected chi connectivity index (χ4v) is 3.58. The van der Waals surface area contributed by atoms with Gasteiger partial charge in [0.1, 0.15) is 11.5 Å². The van der Waals surface area contributed by atoms with Crippen molar-refractivity contribution in [3.05, 3.63) is 66.7 Å². The van der Waals surface area contributed by atoms with E-state index in [0.29, 0.717) is 13.1 Å². The molecule has 3 aromatic carbocycles. The number of fused-ring (bicyclic) bond motifs is 1. The highest BCUT2D eigenvalue weighted by Crippen LogP contribution is 2.28. The smallest absolute Gasteiger partial charge is 0.260 e.